The number of rotatable bonds is 3. The van der Waals surface area contributed by atoms with Crippen molar-refractivity contribution in [3.8, 4) is 33.4 Å². The van der Waals surface area contributed by atoms with Gasteiger partial charge in [-0.25, -0.2) is 0 Å². The van der Waals surface area contributed by atoms with Crippen LogP contribution < -0.4 is 0 Å². The zero-order chi connectivity index (χ0) is 35.3. The molecular weight excluding hydrogens is 673 g/mol. The minimum Gasteiger partial charge on any atom is -0.455 e. The molecule has 0 atom stereocenters. The smallest absolute Gasteiger partial charge is 0.143 e. The van der Waals surface area contributed by atoms with Gasteiger partial charge in [0.2, 0.25) is 0 Å². The Labute approximate surface area is 314 Å². The molecule has 12 aromatic rings. The van der Waals surface area contributed by atoms with Crippen LogP contribution >= 0.6 is 11.3 Å². The molecule has 0 fully saturated rings. The van der Waals surface area contributed by atoms with E-state index in [-0.39, 0.29) is 0 Å². The van der Waals surface area contributed by atoms with Gasteiger partial charge in [0.25, 0.3) is 0 Å². The highest BCUT2D eigenvalue weighted by molar-refractivity contribution is 7.26. The molecule has 0 N–H and O–H groups in total. The highest BCUT2D eigenvalue weighted by Gasteiger charge is 2.20. The number of thiophene rings is 1. The summed E-state index contributed by atoms with van der Waals surface area (Å²) in [6.45, 7) is 0. The summed E-state index contributed by atoms with van der Waals surface area (Å²) >= 11 is 1.86. The lowest BCUT2D eigenvalue weighted by molar-refractivity contribution is 0.673. The Morgan fingerprint density at radius 2 is 0.926 bits per heavy atom. The van der Waals surface area contributed by atoms with E-state index in [9.17, 15) is 0 Å². The van der Waals surface area contributed by atoms with Crippen LogP contribution in [-0.4, -0.2) is 0 Å². The summed E-state index contributed by atoms with van der Waals surface area (Å²) in [6.07, 6.45) is 0. The molecule has 0 radical (unpaired) electrons. The summed E-state index contributed by atoms with van der Waals surface area (Å²) in [5.74, 6) is 0. The molecule has 0 unspecified atom stereocenters. The van der Waals surface area contributed by atoms with Gasteiger partial charge in [-0.2, -0.15) is 0 Å². The second-order valence-electron chi connectivity index (χ2n) is 14.3. The van der Waals surface area contributed by atoms with Gasteiger partial charge in [-0.15, -0.1) is 11.3 Å². The Hall–Kier alpha value is -6.74. The molecule has 10 aromatic carbocycles. The van der Waals surface area contributed by atoms with E-state index >= 15 is 0 Å². The van der Waals surface area contributed by atoms with Crippen molar-refractivity contribution in [2.75, 3.05) is 0 Å². The first-order valence-electron chi connectivity index (χ1n) is 18.5. The second kappa shape index (κ2) is 11.4. The maximum atomic E-state index is 6.60. The highest BCUT2D eigenvalue weighted by Crippen LogP contribution is 2.47. The molecule has 12 rings (SSSR count). The van der Waals surface area contributed by atoms with Crippen LogP contribution in [0.25, 0.3) is 119 Å². The van der Waals surface area contributed by atoms with Crippen LogP contribution in [0.2, 0.25) is 0 Å². The van der Waals surface area contributed by atoms with E-state index in [4.69, 9.17) is 4.42 Å². The molecule has 0 aliphatic rings. The van der Waals surface area contributed by atoms with Crippen LogP contribution in [-0.2, 0) is 0 Å². The summed E-state index contributed by atoms with van der Waals surface area (Å²) in [4.78, 5) is 0. The van der Waals surface area contributed by atoms with E-state index in [2.05, 4.69) is 182 Å². The number of furan rings is 1. The largest absolute Gasteiger partial charge is 0.455 e. The van der Waals surface area contributed by atoms with E-state index in [0.717, 1.165) is 16.6 Å². The Balaban J connectivity index is 1.08. The Bertz CT molecular complexity index is 3450. The number of benzene rings is 10. The standard InChI is InChI=1S/C52H30OS/c1-3-16-36-31(11-1)13-10-22-38(36)49-41-20-7-5-18-39(41)48(40-19-6-8-21-42(40)49)35-15-9-14-33(29-35)34-24-27-46-44(30-34)51-47(54-46)28-26-45-50(51)43-25-23-32-12-2-4-17-37(32)52(43)53-45/h1-30H. The van der Waals surface area contributed by atoms with Crippen molar-refractivity contribution in [2.24, 2.45) is 0 Å². The second-order valence-corrected chi connectivity index (χ2v) is 15.4. The van der Waals surface area contributed by atoms with Crippen molar-refractivity contribution < 1.29 is 4.42 Å². The van der Waals surface area contributed by atoms with E-state index < -0.39 is 0 Å². The predicted octanol–water partition coefficient (Wildman–Crippen LogP) is 15.6. The van der Waals surface area contributed by atoms with Crippen molar-refractivity contribution >= 4 is 96.5 Å². The lowest BCUT2D eigenvalue weighted by Gasteiger charge is -2.19. The lowest BCUT2D eigenvalue weighted by atomic mass is 9.84. The van der Waals surface area contributed by atoms with Crippen molar-refractivity contribution in [3.05, 3.63) is 182 Å². The summed E-state index contributed by atoms with van der Waals surface area (Å²) in [5, 5.41) is 14.9. The van der Waals surface area contributed by atoms with Gasteiger partial charge in [-0.3, -0.25) is 0 Å². The topological polar surface area (TPSA) is 13.1 Å². The summed E-state index contributed by atoms with van der Waals surface area (Å²) in [6, 6.07) is 66.7. The molecule has 0 aliphatic carbocycles. The Morgan fingerprint density at radius 3 is 1.70 bits per heavy atom. The van der Waals surface area contributed by atoms with E-state index in [1.54, 1.807) is 0 Å². The molecule has 54 heavy (non-hydrogen) atoms. The minimum atomic E-state index is 0.937. The van der Waals surface area contributed by atoms with Crippen molar-refractivity contribution in [3.63, 3.8) is 0 Å². The normalized spacial score (nSPS) is 12.1. The summed E-state index contributed by atoms with van der Waals surface area (Å²) in [5.41, 5.74) is 9.36. The summed E-state index contributed by atoms with van der Waals surface area (Å²) in [7, 11) is 0. The first-order valence-corrected chi connectivity index (χ1v) is 19.3. The van der Waals surface area contributed by atoms with Crippen LogP contribution in [0.4, 0.5) is 0 Å². The average Bonchev–Trinajstić information content (AvgIpc) is 3.81. The molecule has 250 valence electrons. The number of hydrogen-bond acceptors (Lipinski definition) is 2. The molecule has 0 bridgehead atoms. The van der Waals surface area contributed by atoms with E-state index in [1.165, 1.54) is 102 Å². The quantitative estimate of drug-likeness (QED) is 0.167. The molecular formula is C52H30OS. The molecule has 0 saturated heterocycles. The lowest BCUT2D eigenvalue weighted by Crippen LogP contribution is -1.92. The maximum Gasteiger partial charge on any atom is 0.143 e. The van der Waals surface area contributed by atoms with Gasteiger partial charge in [0.05, 0.1) is 0 Å². The van der Waals surface area contributed by atoms with Gasteiger partial charge in [0.15, 0.2) is 0 Å². The van der Waals surface area contributed by atoms with Gasteiger partial charge in [0.1, 0.15) is 11.2 Å². The third-order valence-electron chi connectivity index (χ3n) is 11.4. The van der Waals surface area contributed by atoms with Crippen molar-refractivity contribution in [1.29, 1.82) is 0 Å². The molecule has 0 amide bonds. The molecule has 2 heterocycles. The van der Waals surface area contributed by atoms with E-state index in [0.29, 0.717) is 0 Å². The SMILES string of the molecule is c1cc(-c2ccc3sc4ccc5oc6c7ccccc7ccc6c5c4c3c2)cc(-c2c3ccccc3c(-c3cccc4ccccc34)c3ccccc23)c1. The predicted molar refractivity (Wildman–Crippen MR) is 233 cm³/mol. The van der Waals surface area contributed by atoms with Crippen LogP contribution in [0, 0.1) is 0 Å². The first-order chi connectivity index (χ1) is 26.8. The van der Waals surface area contributed by atoms with Crippen LogP contribution in [0.1, 0.15) is 0 Å². The van der Waals surface area contributed by atoms with Gasteiger partial charge >= 0.3 is 0 Å². The molecule has 0 saturated carbocycles. The van der Waals surface area contributed by atoms with Crippen LogP contribution in [0.3, 0.4) is 0 Å². The Kier molecular flexibility index (Phi) is 6.28. The molecule has 0 spiro atoms. The van der Waals surface area contributed by atoms with Crippen molar-refractivity contribution in [2.45, 2.75) is 0 Å². The molecule has 0 aliphatic heterocycles. The zero-order valence-electron chi connectivity index (χ0n) is 29.1. The highest BCUT2D eigenvalue weighted by atomic mass is 32.1. The monoisotopic (exact) mass is 702 g/mol. The fraction of sp³-hybridized carbons (Fsp3) is 0. The third-order valence-corrected chi connectivity index (χ3v) is 12.6. The van der Waals surface area contributed by atoms with E-state index in [1.807, 2.05) is 11.3 Å². The van der Waals surface area contributed by atoms with Gasteiger partial charge in [0, 0.05) is 36.3 Å². The van der Waals surface area contributed by atoms with Crippen molar-refractivity contribution in [1.82, 2.24) is 0 Å². The van der Waals surface area contributed by atoms with Crippen LogP contribution in [0.5, 0.6) is 0 Å². The fourth-order valence-electron chi connectivity index (χ4n) is 9.07. The minimum absolute atomic E-state index is 0.937. The van der Waals surface area contributed by atoms with Gasteiger partial charge < -0.3 is 4.42 Å². The van der Waals surface area contributed by atoms with Crippen LogP contribution in [0.15, 0.2) is 186 Å². The fourth-order valence-corrected chi connectivity index (χ4v) is 10.2. The molecule has 2 heteroatoms. The maximum absolute atomic E-state index is 6.60. The first kappa shape index (κ1) is 29.8. The van der Waals surface area contributed by atoms with Gasteiger partial charge in [-0.05, 0) is 107 Å². The third kappa shape index (κ3) is 4.26. The number of fused-ring (bicyclic) bond motifs is 12. The van der Waals surface area contributed by atoms with Gasteiger partial charge in [-0.1, -0.05) is 146 Å². The number of hydrogen-bond donors (Lipinski definition) is 0. The zero-order valence-corrected chi connectivity index (χ0v) is 30.0. The summed E-state index contributed by atoms with van der Waals surface area (Å²) < 4.78 is 9.17. The molecule has 2 aromatic heterocycles. The molecule has 1 nitrogen and oxygen atoms in total. The Morgan fingerprint density at radius 1 is 0.333 bits per heavy atom. The average molecular weight is 703 g/mol.